The van der Waals surface area contributed by atoms with E-state index in [-0.39, 0.29) is 21.7 Å². The molecule has 1 saturated carbocycles. The summed E-state index contributed by atoms with van der Waals surface area (Å²) in [6, 6.07) is 6.05. The molecule has 3 N–H and O–H groups in total. The number of fused-ring (bicyclic) bond motifs is 5. The number of sulfonamides is 1. The molecule has 0 amide bonds. The first-order valence-electron chi connectivity index (χ1n) is 8.41. The van der Waals surface area contributed by atoms with Gasteiger partial charge in [-0.25, -0.2) is 23.1 Å². The molecule has 2 unspecified atom stereocenters. The van der Waals surface area contributed by atoms with Crippen molar-refractivity contribution in [3.8, 4) is 0 Å². The Bertz CT molecular complexity index is 954. The molecule has 25 heavy (non-hydrogen) atoms. The van der Waals surface area contributed by atoms with Crippen LogP contribution in [0.25, 0.3) is 0 Å². The van der Waals surface area contributed by atoms with Crippen LogP contribution in [0.4, 0.5) is 11.6 Å². The number of hydrogen-bond donors (Lipinski definition) is 2. The SMILES string of the molecule is CC12CCC(c3cnc(NS(=O)(=O)c4ccc(N)cc4)nc31)C2(C)C. The van der Waals surface area contributed by atoms with Gasteiger partial charge >= 0.3 is 0 Å². The molecule has 7 heteroatoms. The van der Waals surface area contributed by atoms with Gasteiger partial charge in [-0.3, -0.25) is 0 Å². The monoisotopic (exact) mass is 358 g/mol. The second-order valence-electron chi connectivity index (χ2n) is 7.82. The van der Waals surface area contributed by atoms with Crippen LogP contribution in [0.2, 0.25) is 0 Å². The summed E-state index contributed by atoms with van der Waals surface area (Å²) in [6.07, 6.45) is 4.00. The van der Waals surface area contributed by atoms with Gasteiger partial charge in [-0.05, 0) is 54.0 Å². The van der Waals surface area contributed by atoms with E-state index in [1.807, 2.05) is 0 Å². The maximum Gasteiger partial charge on any atom is 0.264 e. The molecule has 0 aliphatic heterocycles. The van der Waals surface area contributed by atoms with Gasteiger partial charge < -0.3 is 5.73 Å². The highest BCUT2D eigenvalue weighted by atomic mass is 32.2. The molecular formula is C18H22N4O2S. The Morgan fingerprint density at radius 2 is 1.88 bits per heavy atom. The number of nitrogens with zero attached hydrogens (tertiary/aromatic N) is 2. The summed E-state index contributed by atoms with van der Waals surface area (Å²) in [5.74, 6) is 0.565. The molecule has 2 atom stereocenters. The van der Waals surface area contributed by atoms with Crippen molar-refractivity contribution in [2.24, 2.45) is 5.41 Å². The van der Waals surface area contributed by atoms with E-state index in [1.54, 1.807) is 18.3 Å². The Hall–Kier alpha value is -2.15. The van der Waals surface area contributed by atoms with Crippen LogP contribution in [0.15, 0.2) is 35.4 Å². The largest absolute Gasteiger partial charge is 0.399 e. The van der Waals surface area contributed by atoms with E-state index in [2.05, 4.69) is 35.5 Å². The third kappa shape index (κ3) is 2.18. The fraction of sp³-hybridized carbons (Fsp3) is 0.444. The quantitative estimate of drug-likeness (QED) is 0.822. The molecule has 1 aromatic heterocycles. The fourth-order valence-corrected chi connectivity index (χ4v) is 5.38. The first-order chi connectivity index (χ1) is 11.6. The molecule has 2 aromatic rings. The van der Waals surface area contributed by atoms with E-state index in [4.69, 9.17) is 5.73 Å². The number of nitrogens with two attached hydrogens (primary N) is 1. The van der Waals surface area contributed by atoms with Gasteiger partial charge in [0.05, 0.1) is 10.6 Å². The Kier molecular flexibility index (Phi) is 3.23. The van der Waals surface area contributed by atoms with Crippen LogP contribution in [0, 0.1) is 5.41 Å². The van der Waals surface area contributed by atoms with Crippen LogP contribution in [0.5, 0.6) is 0 Å². The predicted molar refractivity (Wildman–Crippen MR) is 96.8 cm³/mol. The van der Waals surface area contributed by atoms with Crippen LogP contribution in [0.1, 0.15) is 50.8 Å². The zero-order valence-electron chi connectivity index (χ0n) is 14.6. The van der Waals surface area contributed by atoms with E-state index in [0.717, 1.165) is 24.1 Å². The van der Waals surface area contributed by atoms with Crippen LogP contribution in [0.3, 0.4) is 0 Å². The normalized spacial score (nSPS) is 26.4. The van der Waals surface area contributed by atoms with Crippen LogP contribution in [-0.4, -0.2) is 18.4 Å². The lowest BCUT2D eigenvalue weighted by Crippen LogP contribution is -2.32. The molecule has 1 fully saturated rings. The van der Waals surface area contributed by atoms with E-state index < -0.39 is 10.0 Å². The first-order valence-corrected chi connectivity index (χ1v) is 9.89. The van der Waals surface area contributed by atoms with Crippen molar-refractivity contribution in [1.82, 2.24) is 9.97 Å². The van der Waals surface area contributed by atoms with Crippen LogP contribution < -0.4 is 10.5 Å². The maximum absolute atomic E-state index is 12.5. The summed E-state index contributed by atoms with van der Waals surface area (Å²) in [5.41, 5.74) is 8.34. The third-order valence-corrected chi connectivity index (χ3v) is 7.70. The number of hydrogen-bond acceptors (Lipinski definition) is 5. The Labute approximate surface area is 147 Å². The fourth-order valence-electron chi connectivity index (χ4n) is 4.43. The van der Waals surface area contributed by atoms with Gasteiger partial charge in [-0.1, -0.05) is 20.8 Å². The van der Waals surface area contributed by atoms with Crippen molar-refractivity contribution >= 4 is 21.7 Å². The molecule has 6 nitrogen and oxygen atoms in total. The molecule has 1 aromatic carbocycles. The lowest BCUT2D eigenvalue weighted by atomic mass is 9.70. The Balaban J connectivity index is 1.70. The minimum atomic E-state index is -3.74. The standard InChI is InChI=1S/C18H22N4O2S/c1-17(2)14-8-9-18(17,3)15-13(14)10-20-16(21-15)22-25(23,24)12-6-4-11(19)5-7-12/h4-7,10,14H,8-9,19H2,1-3H3,(H,20,21,22). The van der Waals surface area contributed by atoms with Gasteiger partial charge in [0.15, 0.2) is 0 Å². The van der Waals surface area contributed by atoms with E-state index >= 15 is 0 Å². The highest BCUT2D eigenvalue weighted by molar-refractivity contribution is 7.92. The minimum absolute atomic E-state index is 0.0443. The highest BCUT2D eigenvalue weighted by Crippen LogP contribution is 2.67. The van der Waals surface area contributed by atoms with Crippen LogP contribution >= 0.6 is 0 Å². The van der Waals surface area contributed by atoms with E-state index in [0.29, 0.717) is 11.6 Å². The van der Waals surface area contributed by atoms with Gasteiger partial charge in [0, 0.05) is 17.3 Å². The summed E-state index contributed by atoms with van der Waals surface area (Å²) >= 11 is 0. The van der Waals surface area contributed by atoms with E-state index in [9.17, 15) is 8.42 Å². The molecule has 4 rings (SSSR count). The van der Waals surface area contributed by atoms with Gasteiger partial charge in [-0.15, -0.1) is 0 Å². The van der Waals surface area contributed by atoms with Gasteiger partial charge in [0.25, 0.3) is 10.0 Å². The van der Waals surface area contributed by atoms with Crippen LogP contribution in [-0.2, 0) is 15.4 Å². The average molecular weight is 358 g/mol. The van der Waals surface area contributed by atoms with Crippen molar-refractivity contribution in [1.29, 1.82) is 0 Å². The maximum atomic E-state index is 12.5. The first kappa shape index (κ1) is 16.3. The van der Waals surface area contributed by atoms with Gasteiger partial charge in [0.1, 0.15) is 0 Å². The van der Waals surface area contributed by atoms with Crippen molar-refractivity contribution in [3.63, 3.8) is 0 Å². The summed E-state index contributed by atoms with van der Waals surface area (Å²) in [5, 5.41) is 0. The second kappa shape index (κ2) is 4.94. The molecule has 2 aliphatic rings. The van der Waals surface area contributed by atoms with Crippen molar-refractivity contribution < 1.29 is 8.42 Å². The van der Waals surface area contributed by atoms with E-state index in [1.165, 1.54) is 12.1 Å². The van der Waals surface area contributed by atoms with Crippen molar-refractivity contribution in [2.45, 2.75) is 49.8 Å². The average Bonchev–Trinajstić information content (AvgIpc) is 2.87. The van der Waals surface area contributed by atoms with Gasteiger partial charge in [-0.2, -0.15) is 0 Å². The zero-order chi connectivity index (χ0) is 18.0. The van der Waals surface area contributed by atoms with Crippen molar-refractivity contribution in [2.75, 3.05) is 10.5 Å². The van der Waals surface area contributed by atoms with Crippen molar-refractivity contribution in [3.05, 3.63) is 41.7 Å². The number of aromatic nitrogens is 2. The third-order valence-electron chi connectivity index (χ3n) is 6.36. The molecular weight excluding hydrogens is 336 g/mol. The van der Waals surface area contributed by atoms with Gasteiger partial charge in [0.2, 0.25) is 5.95 Å². The highest BCUT2D eigenvalue weighted by Gasteiger charge is 2.60. The number of rotatable bonds is 3. The topological polar surface area (TPSA) is 98.0 Å². The molecule has 0 radical (unpaired) electrons. The Morgan fingerprint density at radius 3 is 2.56 bits per heavy atom. The summed E-state index contributed by atoms with van der Waals surface area (Å²) in [4.78, 5) is 9.01. The molecule has 2 bridgehead atoms. The molecule has 0 saturated heterocycles. The second-order valence-corrected chi connectivity index (χ2v) is 9.50. The lowest BCUT2D eigenvalue weighted by molar-refractivity contribution is 0.227. The summed E-state index contributed by atoms with van der Waals surface area (Å²) in [6.45, 7) is 6.76. The minimum Gasteiger partial charge on any atom is -0.399 e. The molecule has 1 heterocycles. The Morgan fingerprint density at radius 1 is 1.20 bits per heavy atom. The molecule has 132 valence electrons. The summed E-state index contributed by atoms with van der Waals surface area (Å²) < 4.78 is 27.6. The summed E-state index contributed by atoms with van der Waals surface area (Å²) in [7, 11) is -3.74. The lowest BCUT2D eigenvalue weighted by Gasteiger charge is -2.34. The number of nitrogen functional groups attached to an aromatic ring is 1. The molecule has 0 spiro atoms. The number of anilines is 2. The number of benzene rings is 1. The zero-order valence-corrected chi connectivity index (χ0v) is 15.4. The molecule has 2 aliphatic carbocycles. The number of nitrogens with one attached hydrogen (secondary N) is 1. The smallest absolute Gasteiger partial charge is 0.264 e. The predicted octanol–water partition coefficient (Wildman–Crippen LogP) is 3.03.